The van der Waals surface area contributed by atoms with Crippen molar-refractivity contribution in [1.29, 1.82) is 0 Å². The van der Waals surface area contributed by atoms with Crippen LogP contribution in [0.1, 0.15) is 6.42 Å². The Morgan fingerprint density at radius 1 is 1.19 bits per heavy atom. The number of epoxide rings is 1. The second-order valence-electron chi connectivity index (χ2n) is 3.93. The van der Waals surface area contributed by atoms with Gasteiger partial charge in [-0.2, -0.15) is 0 Å². The van der Waals surface area contributed by atoms with Crippen molar-refractivity contribution in [3.05, 3.63) is 18.2 Å². The van der Waals surface area contributed by atoms with Crippen LogP contribution in [-0.4, -0.2) is 31.7 Å². The predicted molar refractivity (Wildman–Crippen MR) is 62.5 cm³/mol. The molecule has 2 heterocycles. The summed E-state index contributed by atoms with van der Waals surface area (Å²) >= 11 is 1.81. The minimum atomic E-state index is 0.459. The van der Waals surface area contributed by atoms with Crippen LogP contribution in [0.3, 0.4) is 0 Å². The maximum absolute atomic E-state index is 5.64. The van der Waals surface area contributed by atoms with Crippen molar-refractivity contribution in [3.8, 4) is 11.5 Å². The normalized spacial score (nSPS) is 22.6. The fraction of sp³-hybridized carbons (Fsp3) is 0.500. The summed E-state index contributed by atoms with van der Waals surface area (Å²) in [7, 11) is 0. The van der Waals surface area contributed by atoms with E-state index in [4.69, 9.17) is 14.2 Å². The van der Waals surface area contributed by atoms with Crippen LogP contribution in [0.15, 0.2) is 23.1 Å². The van der Waals surface area contributed by atoms with Gasteiger partial charge < -0.3 is 14.2 Å². The summed E-state index contributed by atoms with van der Waals surface area (Å²) in [5.41, 5.74) is 0. The summed E-state index contributed by atoms with van der Waals surface area (Å²) in [6.07, 6.45) is 1.41. The number of ether oxygens (including phenoxy) is 3. The monoisotopic (exact) mass is 238 g/mol. The lowest BCUT2D eigenvalue weighted by molar-refractivity contribution is 0.297. The highest BCUT2D eigenvalue weighted by Crippen LogP contribution is 2.34. The Kier molecular flexibility index (Phi) is 2.93. The second kappa shape index (κ2) is 4.55. The van der Waals surface area contributed by atoms with Gasteiger partial charge >= 0.3 is 0 Å². The van der Waals surface area contributed by atoms with Gasteiger partial charge in [-0.05, 0) is 18.2 Å². The van der Waals surface area contributed by atoms with Crippen molar-refractivity contribution in [2.24, 2.45) is 0 Å². The minimum absolute atomic E-state index is 0.459. The van der Waals surface area contributed by atoms with E-state index in [1.807, 2.05) is 17.8 Å². The summed E-state index contributed by atoms with van der Waals surface area (Å²) in [6, 6.07) is 6.14. The van der Waals surface area contributed by atoms with E-state index in [9.17, 15) is 0 Å². The molecule has 3 rings (SSSR count). The van der Waals surface area contributed by atoms with Crippen LogP contribution in [0.2, 0.25) is 0 Å². The van der Waals surface area contributed by atoms with Gasteiger partial charge in [0.2, 0.25) is 0 Å². The van der Waals surface area contributed by atoms with E-state index in [1.54, 1.807) is 0 Å². The van der Waals surface area contributed by atoms with Gasteiger partial charge in [0, 0.05) is 17.1 Å². The van der Waals surface area contributed by atoms with Crippen molar-refractivity contribution in [1.82, 2.24) is 0 Å². The second-order valence-corrected chi connectivity index (χ2v) is 5.02. The van der Waals surface area contributed by atoms with Crippen molar-refractivity contribution in [2.45, 2.75) is 17.4 Å². The van der Waals surface area contributed by atoms with Gasteiger partial charge in [-0.15, -0.1) is 11.8 Å². The fourth-order valence-corrected chi connectivity index (χ4v) is 2.51. The van der Waals surface area contributed by atoms with Gasteiger partial charge in [-0.3, -0.25) is 0 Å². The molecule has 0 bridgehead atoms. The topological polar surface area (TPSA) is 31.0 Å². The lowest BCUT2D eigenvalue weighted by Gasteiger charge is -2.08. The summed E-state index contributed by atoms with van der Waals surface area (Å²) in [4.78, 5) is 1.22. The van der Waals surface area contributed by atoms with E-state index in [0.29, 0.717) is 6.10 Å². The Balaban J connectivity index is 1.71. The molecule has 1 saturated heterocycles. The summed E-state index contributed by atoms with van der Waals surface area (Å²) in [5, 5.41) is 0. The third kappa shape index (κ3) is 2.44. The Labute approximate surface area is 99.1 Å². The highest BCUT2D eigenvalue weighted by molar-refractivity contribution is 7.99. The van der Waals surface area contributed by atoms with E-state index in [0.717, 1.165) is 43.5 Å². The number of hydrogen-bond donors (Lipinski definition) is 0. The molecule has 1 aromatic rings. The lowest BCUT2D eigenvalue weighted by Crippen LogP contribution is -1.97. The minimum Gasteiger partial charge on any atom is -0.490 e. The molecule has 16 heavy (non-hydrogen) atoms. The largest absolute Gasteiger partial charge is 0.490 e. The van der Waals surface area contributed by atoms with Gasteiger partial charge in [0.05, 0.1) is 25.9 Å². The summed E-state index contributed by atoms with van der Waals surface area (Å²) < 4.78 is 16.4. The van der Waals surface area contributed by atoms with Gasteiger partial charge in [0.15, 0.2) is 11.5 Å². The zero-order valence-corrected chi connectivity index (χ0v) is 9.79. The lowest BCUT2D eigenvalue weighted by atomic mass is 10.3. The van der Waals surface area contributed by atoms with E-state index >= 15 is 0 Å². The Bertz CT molecular complexity index is 377. The van der Waals surface area contributed by atoms with Gasteiger partial charge in [-0.1, -0.05) is 0 Å². The first-order valence-electron chi connectivity index (χ1n) is 5.56. The van der Waals surface area contributed by atoms with Gasteiger partial charge in [-0.25, -0.2) is 0 Å². The van der Waals surface area contributed by atoms with Crippen molar-refractivity contribution < 1.29 is 14.2 Å². The molecule has 1 fully saturated rings. The van der Waals surface area contributed by atoms with Crippen LogP contribution in [0.5, 0.6) is 11.5 Å². The molecule has 0 saturated carbocycles. The molecule has 2 aliphatic rings. The van der Waals surface area contributed by atoms with Crippen LogP contribution >= 0.6 is 11.8 Å². The van der Waals surface area contributed by atoms with E-state index < -0.39 is 0 Å². The molecule has 0 aromatic heterocycles. The van der Waals surface area contributed by atoms with E-state index in [1.165, 1.54) is 4.90 Å². The van der Waals surface area contributed by atoms with Crippen LogP contribution in [0.25, 0.3) is 0 Å². The van der Waals surface area contributed by atoms with E-state index in [2.05, 4.69) is 12.1 Å². The maximum Gasteiger partial charge on any atom is 0.162 e. The third-order valence-corrected chi connectivity index (χ3v) is 3.68. The molecule has 0 radical (unpaired) electrons. The number of thioether (sulfide) groups is 1. The Hall–Kier alpha value is -0.870. The zero-order valence-electron chi connectivity index (χ0n) is 8.98. The van der Waals surface area contributed by atoms with Crippen molar-refractivity contribution in [3.63, 3.8) is 0 Å². The van der Waals surface area contributed by atoms with Crippen LogP contribution in [0, 0.1) is 0 Å². The summed E-state index contributed by atoms with van der Waals surface area (Å²) in [6.45, 7) is 2.40. The molecule has 1 unspecified atom stereocenters. The highest BCUT2D eigenvalue weighted by atomic mass is 32.2. The molecule has 0 amide bonds. The third-order valence-electron chi connectivity index (χ3n) is 2.56. The van der Waals surface area contributed by atoms with Crippen molar-refractivity contribution >= 4 is 11.8 Å². The average Bonchev–Trinajstić information content (AvgIpc) is 3.13. The molecule has 86 valence electrons. The standard InChI is InChI=1S/C12H14O3S/c1-4-13-11-3-2-10(6-12(11)14-5-1)16-8-9-7-15-9/h2-3,6,9H,1,4-5,7-8H2. The van der Waals surface area contributed by atoms with Gasteiger partial charge in [0.25, 0.3) is 0 Å². The molecule has 0 aliphatic carbocycles. The Morgan fingerprint density at radius 3 is 2.81 bits per heavy atom. The van der Waals surface area contributed by atoms with Crippen LogP contribution in [-0.2, 0) is 4.74 Å². The molecular weight excluding hydrogens is 224 g/mol. The quantitative estimate of drug-likeness (QED) is 0.597. The molecule has 1 aromatic carbocycles. The highest BCUT2D eigenvalue weighted by Gasteiger charge is 2.22. The number of rotatable bonds is 3. The van der Waals surface area contributed by atoms with Crippen LogP contribution in [0.4, 0.5) is 0 Å². The molecular formula is C12H14O3S. The smallest absolute Gasteiger partial charge is 0.162 e. The average molecular weight is 238 g/mol. The molecule has 0 N–H and O–H groups in total. The SMILES string of the molecule is c1cc2c(cc1SCC1CO1)OCCCO2. The maximum atomic E-state index is 5.64. The first-order chi connectivity index (χ1) is 7.92. The van der Waals surface area contributed by atoms with Crippen molar-refractivity contribution in [2.75, 3.05) is 25.6 Å². The summed E-state index contributed by atoms with van der Waals surface area (Å²) in [5.74, 6) is 2.77. The Morgan fingerprint density at radius 2 is 2.00 bits per heavy atom. The molecule has 2 aliphatic heterocycles. The zero-order chi connectivity index (χ0) is 10.8. The van der Waals surface area contributed by atoms with Gasteiger partial charge in [0.1, 0.15) is 0 Å². The first kappa shape index (κ1) is 10.3. The number of benzene rings is 1. The number of fused-ring (bicyclic) bond motifs is 1. The predicted octanol–water partition coefficient (Wildman–Crippen LogP) is 2.34. The molecule has 1 atom stereocenters. The van der Waals surface area contributed by atoms with Crippen LogP contribution < -0.4 is 9.47 Å². The van der Waals surface area contributed by atoms with E-state index in [-0.39, 0.29) is 0 Å². The number of hydrogen-bond acceptors (Lipinski definition) is 4. The first-order valence-corrected chi connectivity index (χ1v) is 6.54. The fourth-order valence-electron chi connectivity index (χ4n) is 1.59. The molecule has 3 nitrogen and oxygen atoms in total. The molecule has 4 heteroatoms. The molecule has 0 spiro atoms.